The smallest absolute Gasteiger partial charge is 0.410 e. The fourth-order valence-corrected chi connectivity index (χ4v) is 3.34. The number of aliphatic hydroxyl groups is 2. The lowest BCUT2D eigenvalue weighted by Gasteiger charge is -2.36. The Hall–Kier alpha value is -1.62. The first kappa shape index (κ1) is 32.4. The number of amides is 3. The van der Waals surface area contributed by atoms with Crippen LogP contribution in [0.1, 0.15) is 61.3 Å². The van der Waals surface area contributed by atoms with Crippen LogP contribution in [0.3, 0.4) is 0 Å². The highest BCUT2D eigenvalue weighted by Gasteiger charge is 2.29. The van der Waals surface area contributed by atoms with E-state index in [9.17, 15) is 24.6 Å². The van der Waals surface area contributed by atoms with Crippen molar-refractivity contribution in [1.82, 2.24) is 20.0 Å². The van der Waals surface area contributed by atoms with Gasteiger partial charge in [-0.2, -0.15) is 0 Å². The fourth-order valence-electron chi connectivity index (χ4n) is 3.34. The van der Waals surface area contributed by atoms with Gasteiger partial charge in [0.05, 0.1) is 24.0 Å². The van der Waals surface area contributed by atoms with Crippen molar-refractivity contribution in [1.29, 1.82) is 0 Å². The van der Waals surface area contributed by atoms with E-state index >= 15 is 0 Å². The van der Waals surface area contributed by atoms with Gasteiger partial charge in [-0.1, -0.05) is 0 Å². The van der Waals surface area contributed by atoms with Crippen LogP contribution in [0.4, 0.5) is 4.79 Å². The summed E-state index contributed by atoms with van der Waals surface area (Å²) < 4.78 is 5.30. The van der Waals surface area contributed by atoms with Crippen LogP contribution in [0.2, 0.25) is 0 Å². The van der Waals surface area contributed by atoms with Crippen LogP contribution in [0.25, 0.3) is 0 Å². The summed E-state index contributed by atoms with van der Waals surface area (Å²) in [5.41, 5.74) is -2.40. The highest BCUT2D eigenvalue weighted by atomic mass is 35.5. The van der Waals surface area contributed by atoms with Gasteiger partial charge in [-0.25, -0.2) is 4.79 Å². The fraction of sp³-hybridized carbons (Fsp3) is 0.870. The zero-order valence-electron chi connectivity index (χ0n) is 21.8. The number of ether oxygens (including phenoxy) is 1. The maximum absolute atomic E-state index is 12.0. The molecule has 0 aliphatic carbocycles. The van der Waals surface area contributed by atoms with E-state index in [1.165, 1.54) is 0 Å². The van der Waals surface area contributed by atoms with Crippen molar-refractivity contribution in [2.45, 2.75) is 78.1 Å². The predicted octanol–water partition coefficient (Wildman–Crippen LogP) is 1.23. The van der Waals surface area contributed by atoms with Gasteiger partial charge < -0.3 is 35.0 Å². The van der Waals surface area contributed by atoms with Gasteiger partial charge in [-0.15, -0.1) is 12.4 Å². The topological polar surface area (TPSA) is 123 Å². The standard InChI is InChI=1S/C14H26N2O4.C9H18N2O2.ClH/c1-13(2,3)20-12(18)16-8-6-15(7-9-16)11(17)10-14(4,5)19;1-9(2,13)7-8(12)11-5-3-10-4-6-11;/h19H,6-10H2,1-5H3;10,13H,3-7H2,1-2H3;1H. The molecular weight excluding hydrogens is 464 g/mol. The summed E-state index contributed by atoms with van der Waals surface area (Å²) in [4.78, 5) is 40.5. The van der Waals surface area contributed by atoms with Crippen LogP contribution in [0.5, 0.6) is 0 Å². The zero-order chi connectivity index (χ0) is 25.4. The lowest BCUT2D eigenvalue weighted by Crippen LogP contribution is -2.52. The normalized spacial score (nSPS) is 17.3. The van der Waals surface area contributed by atoms with Crippen LogP contribution in [0.15, 0.2) is 0 Å². The summed E-state index contributed by atoms with van der Waals surface area (Å²) >= 11 is 0. The molecule has 3 amide bonds. The van der Waals surface area contributed by atoms with Crippen LogP contribution >= 0.6 is 12.4 Å². The molecule has 0 spiro atoms. The third-order valence-electron chi connectivity index (χ3n) is 4.92. The molecule has 10 nitrogen and oxygen atoms in total. The summed E-state index contributed by atoms with van der Waals surface area (Å²) in [6.07, 6.45) is -0.0287. The van der Waals surface area contributed by atoms with E-state index < -0.39 is 16.8 Å². The molecule has 2 fully saturated rings. The Labute approximate surface area is 210 Å². The predicted molar refractivity (Wildman–Crippen MR) is 133 cm³/mol. The number of hydrogen-bond donors (Lipinski definition) is 3. The second-order valence-corrected chi connectivity index (χ2v) is 11.0. The molecule has 0 saturated carbocycles. The quantitative estimate of drug-likeness (QED) is 0.522. The van der Waals surface area contributed by atoms with E-state index in [1.807, 2.05) is 20.8 Å². The van der Waals surface area contributed by atoms with Crippen molar-refractivity contribution < 1.29 is 29.3 Å². The van der Waals surface area contributed by atoms with Crippen LogP contribution in [-0.4, -0.2) is 112 Å². The molecule has 0 radical (unpaired) electrons. The molecule has 0 aromatic heterocycles. The number of nitrogens with zero attached hydrogens (tertiary/aromatic N) is 3. The van der Waals surface area contributed by atoms with Gasteiger partial charge in [-0.3, -0.25) is 9.59 Å². The Morgan fingerprint density at radius 3 is 1.41 bits per heavy atom. The second kappa shape index (κ2) is 13.5. The maximum Gasteiger partial charge on any atom is 0.410 e. The minimum atomic E-state index is -1.00. The number of hydrogen-bond acceptors (Lipinski definition) is 7. The molecule has 2 heterocycles. The SMILES string of the molecule is CC(C)(O)CC(=O)N1CCN(C(=O)OC(C)(C)C)CC1.CC(C)(O)CC(=O)N1CCNCC1.Cl. The Morgan fingerprint density at radius 1 is 0.706 bits per heavy atom. The number of halogens is 1. The summed E-state index contributed by atoms with van der Waals surface area (Å²) in [6, 6.07) is 0. The number of piperazine rings is 2. The number of carbonyl (C=O) groups excluding carboxylic acids is 3. The second-order valence-electron chi connectivity index (χ2n) is 11.0. The van der Waals surface area contributed by atoms with Crippen molar-refractivity contribution in [2.24, 2.45) is 0 Å². The number of carbonyl (C=O) groups is 3. The van der Waals surface area contributed by atoms with Gasteiger partial charge in [0, 0.05) is 52.4 Å². The number of rotatable bonds is 4. The molecule has 0 atom stereocenters. The summed E-state index contributed by atoms with van der Waals surface area (Å²) in [5, 5.41) is 22.3. The highest BCUT2D eigenvalue weighted by Crippen LogP contribution is 2.15. The van der Waals surface area contributed by atoms with Gasteiger partial charge in [0.1, 0.15) is 5.60 Å². The molecule has 2 rings (SSSR count). The minimum absolute atomic E-state index is 0. The van der Waals surface area contributed by atoms with E-state index in [4.69, 9.17) is 4.74 Å². The third-order valence-corrected chi connectivity index (χ3v) is 4.92. The molecule has 3 N–H and O–H groups in total. The van der Waals surface area contributed by atoms with Crippen molar-refractivity contribution in [3.8, 4) is 0 Å². The molecule has 11 heteroatoms. The zero-order valence-corrected chi connectivity index (χ0v) is 22.7. The van der Waals surface area contributed by atoms with Crippen molar-refractivity contribution >= 4 is 30.3 Å². The van der Waals surface area contributed by atoms with E-state index in [0.717, 1.165) is 26.2 Å². The molecule has 0 bridgehead atoms. The van der Waals surface area contributed by atoms with Crippen LogP contribution in [-0.2, 0) is 14.3 Å². The summed E-state index contributed by atoms with van der Waals surface area (Å²) in [5.74, 6) is -0.0321. The van der Waals surface area contributed by atoms with Crippen molar-refractivity contribution in [3.05, 3.63) is 0 Å². The molecule has 0 unspecified atom stereocenters. The van der Waals surface area contributed by atoms with Crippen molar-refractivity contribution in [2.75, 3.05) is 52.4 Å². The van der Waals surface area contributed by atoms with Gasteiger partial charge >= 0.3 is 6.09 Å². The molecule has 2 aliphatic heterocycles. The molecule has 2 saturated heterocycles. The largest absolute Gasteiger partial charge is 0.444 e. The lowest BCUT2D eigenvalue weighted by atomic mass is 10.0. The Kier molecular flexibility index (Phi) is 12.8. The Morgan fingerprint density at radius 2 is 1.06 bits per heavy atom. The summed E-state index contributed by atoms with van der Waals surface area (Å²) in [7, 11) is 0. The molecule has 0 aromatic carbocycles. The van der Waals surface area contributed by atoms with Gasteiger partial charge in [-0.05, 0) is 48.5 Å². The maximum atomic E-state index is 12.0. The number of nitrogens with one attached hydrogen (secondary N) is 1. The highest BCUT2D eigenvalue weighted by molar-refractivity contribution is 5.85. The minimum Gasteiger partial charge on any atom is -0.444 e. The lowest BCUT2D eigenvalue weighted by molar-refractivity contribution is -0.137. The monoisotopic (exact) mass is 508 g/mol. The van der Waals surface area contributed by atoms with Crippen LogP contribution in [0, 0.1) is 0 Å². The Balaban J connectivity index is 0.000000676. The average Bonchev–Trinajstić information content (AvgIpc) is 2.65. The third kappa shape index (κ3) is 13.9. The van der Waals surface area contributed by atoms with Crippen molar-refractivity contribution in [3.63, 3.8) is 0 Å². The molecule has 200 valence electrons. The summed E-state index contributed by atoms with van der Waals surface area (Å²) in [6.45, 7) is 17.2. The van der Waals surface area contributed by atoms with E-state index in [2.05, 4.69) is 5.32 Å². The molecular formula is C23H45ClN4O6. The Bertz CT molecular complexity index is 620. The van der Waals surface area contributed by atoms with Crippen LogP contribution < -0.4 is 5.32 Å². The first-order valence-electron chi connectivity index (χ1n) is 11.7. The van der Waals surface area contributed by atoms with E-state index in [1.54, 1.807) is 42.4 Å². The average molecular weight is 509 g/mol. The first-order chi connectivity index (χ1) is 15.0. The van der Waals surface area contributed by atoms with Gasteiger partial charge in [0.25, 0.3) is 0 Å². The van der Waals surface area contributed by atoms with Gasteiger partial charge in [0.15, 0.2) is 0 Å². The molecule has 2 aliphatic rings. The molecule has 0 aromatic rings. The molecule has 34 heavy (non-hydrogen) atoms. The first-order valence-corrected chi connectivity index (χ1v) is 11.7. The van der Waals surface area contributed by atoms with Gasteiger partial charge in [0.2, 0.25) is 11.8 Å². The van der Waals surface area contributed by atoms with E-state index in [0.29, 0.717) is 26.2 Å². The van der Waals surface area contributed by atoms with E-state index in [-0.39, 0.29) is 43.2 Å².